The zero-order valence-corrected chi connectivity index (χ0v) is 15.9. The summed E-state index contributed by atoms with van der Waals surface area (Å²) in [6.07, 6.45) is 0. The Morgan fingerprint density at radius 3 is 2.07 bits per heavy atom. The maximum absolute atomic E-state index is 12.5. The first kappa shape index (κ1) is 17.9. The topological polar surface area (TPSA) is 41.1 Å². The summed E-state index contributed by atoms with van der Waals surface area (Å²) in [6, 6.07) is 31.6. The van der Waals surface area contributed by atoms with Crippen LogP contribution in [0.4, 0.5) is 5.69 Å². The summed E-state index contributed by atoms with van der Waals surface area (Å²) in [6.45, 7) is 0. The molecule has 4 heteroatoms. The lowest BCUT2D eigenvalue weighted by Gasteiger charge is -2.11. The van der Waals surface area contributed by atoms with Crippen molar-refractivity contribution in [1.29, 1.82) is 0 Å². The lowest BCUT2D eigenvalue weighted by atomic mass is 10.0. The molecule has 0 spiro atoms. The van der Waals surface area contributed by atoms with Gasteiger partial charge in [0, 0.05) is 11.3 Å². The van der Waals surface area contributed by atoms with Crippen LogP contribution in [0, 0.1) is 0 Å². The fraction of sp³-hybridized carbons (Fsp3) is 0. The van der Waals surface area contributed by atoms with E-state index < -0.39 is 0 Å². The average molecular weight is 382 g/mol. The molecule has 0 bridgehead atoms. The number of amides is 1. The van der Waals surface area contributed by atoms with Crippen LogP contribution in [-0.4, -0.2) is 11.0 Å². The van der Waals surface area contributed by atoms with Crippen molar-refractivity contribution in [2.24, 2.45) is 0 Å². The molecular formula is C24H18N2OS. The van der Waals surface area contributed by atoms with E-state index in [1.165, 1.54) is 0 Å². The minimum atomic E-state index is -0.238. The molecule has 0 saturated heterocycles. The van der Waals surface area contributed by atoms with Gasteiger partial charge in [0.25, 0.3) is 5.91 Å². The number of fused-ring (bicyclic) bond motifs is 1. The maximum Gasteiger partial charge on any atom is 0.257 e. The fourth-order valence-electron chi connectivity index (χ4n) is 3.05. The van der Waals surface area contributed by atoms with E-state index in [0.29, 0.717) is 5.56 Å². The van der Waals surface area contributed by atoms with Crippen molar-refractivity contribution in [2.75, 3.05) is 5.32 Å². The predicted octanol–water partition coefficient (Wildman–Crippen LogP) is 5.63. The largest absolute Gasteiger partial charge is 0.332 e. The van der Waals surface area contributed by atoms with Crippen LogP contribution in [-0.2, 0) is 0 Å². The van der Waals surface area contributed by atoms with Gasteiger partial charge < -0.3 is 5.32 Å². The van der Waals surface area contributed by atoms with Crippen LogP contribution in [0.1, 0.15) is 10.4 Å². The molecule has 0 fully saturated rings. The van der Waals surface area contributed by atoms with Gasteiger partial charge in [-0.2, -0.15) is 0 Å². The molecule has 0 aliphatic carbocycles. The molecule has 0 saturated carbocycles. The van der Waals surface area contributed by atoms with Gasteiger partial charge >= 0.3 is 0 Å². The van der Waals surface area contributed by atoms with Gasteiger partial charge in [-0.1, -0.05) is 72.8 Å². The summed E-state index contributed by atoms with van der Waals surface area (Å²) in [4.78, 5) is 12.5. The molecule has 2 N–H and O–H groups in total. The van der Waals surface area contributed by atoms with Crippen molar-refractivity contribution in [3.05, 3.63) is 103 Å². The molecule has 0 aromatic heterocycles. The van der Waals surface area contributed by atoms with Crippen molar-refractivity contribution >= 4 is 39.7 Å². The molecule has 136 valence electrons. The van der Waals surface area contributed by atoms with Crippen molar-refractivity contribution in [1.82, 2.24) is 5.32 Å². The number of benzene rings is 4. The number of hydrogen-bond acceptors (Lipinski definition) is 2. The molecule has 0 unspecified atom stereocenters. The molecular weight excluding hydrogens is 364 g/mol. The van der Waals surface area contributed by atoms with E-state index in [9.17, 15) is 4.79 Å². The molecule has 4 aromatic carbocycles. The summed E-state index contributed by atoms with van der Waals surface area (Å²) in [7, 11) is 0. The second-order valence-corrected chi connectivity index (χ2v) is 6.82. The van der Waals surface area contributed by atoms with Gasteiger partial charge in [-0.25, -0.2) is 0 Å². The Kier molecular flexibility index (Phi) is 5.13. The van der Waals surface area contributed by atoms with Crippen molar-refractivity contribution < 1.29 is 4.79 Å². The highest BCUT2D eigenvalue weighted by atomic mass is 32.1. The molecule has 4 rings (SSSR count). The van der Waals surface area contributed by atoms with E-state index in [1.54, 1.807) is 12.1 Å². The smallest absolute Gasteiger partial charge is 0.257 e. The Morgan fingerprint density at radius 2 is 1.32 bits per heavy atom. The summed E-state index contributed by atoms with van der Waals surface area (Å²) >= 11 is 5.29. The van der Waals surface area contributed by atoms with E-state index in [2.05, 4.69) is 16.7 Å². The van der Waals surface area contributed by atoms with Gasteiger partial charge in [0.15, 0.2) is 5.11 Å². The van der Waals surface area contributed by atoms with Gasteiger partial charge in [-0.3, -0.25) is 10.1 Å². The van der Waals surface area contributed by atoms with Gasteiger partial charge in [0.1, 0.15) is 0 Å². The highest BCUT2D eigenvalue weighted by molar-refractivity contribution is 7.80. The molecule has 0 aliphatic heterocycles. The Morgan fingerprint density at radius 1 is 0.679 bits per heavy atom. The summed E-state index contributed by atoms with van der Waals surface area (Å²) in [5.74, 6) is -0.238. The van der Waals surface area contributed by atoms with E-state index >= 15 is 0 Å². The Bertz CT molecular complexity index is 1140. The van der Waals surface area contributed by atoms with Crippen LogP contribution < -0.4 is 10.6 Å². The van der Waals surface area contributed by atoms with Gasteiger partial charge in [-0.05, 0) is 58.4 Å². The highest BCUT2D eigenvalue weighted by Gasteiger charge is 2.09. The number of anilines is 1. The zero-order chi connectivity index (χ0) is 19.3. The zero-order valence-electron chi connectivity index (χ0n) is 15.1. The molecule has 1 amide bonds. The number of thiocarbonyl (C=S) groups is 1. The Balaban J connectivity index is 1.41. The minimum Gasteiger partial charge on any atom is -0.332 e. The van der Waals surface area contributed by atoms with Gasteiger partial charge in [0.2, 0.25) is 0 Å². The molecule has 0 atom stereocenters. The molecule has 4 aromatic rings. The lowest BCUT2D eigenvalue weighted by Crippen LogP contribution is -2.34. The monoisotopic (exact) mass is 382 g/mol. The maximum atomic E-state index is 12.5. The van der Waals surface area contributed by atoms with Gasteiger partial charge in [0.05, 0.1) is 0 Å². The highest BCUT2D eigenvalue weighted by Crippen LogP contribution is 2.20. The number of nitrogens with one attached hydrogen (secondary N) is 2. The molecule has 0 radical (unpaired) electrons. The van der Waals surface area contributed by atoms with E-state index in [0.717, 1.165) is 27.6 Å². The van der Waals surface area contributed by atoms with Crippen LogP contribution in [0.3, 0.4) is 0 Å². The van der Waals surface area contributed by atoms with E-state index in [-0.39, 0.29) is 11.0 Å². The standard InChI is InChI=1S/C24H18N2OS/c27-23(20-12-10-19(11-13-20)17-6-2-1-3-7-17)26-24(28)25-22-15-14-18-8-4-5-9-21(18)16-22/h1-16H,(H2,25,26,27,28). The number of hydrogen-bond donors (Lipinski definition) is 2. The SMILES string of the molecule is O=C(NC(=S)Nc1ccc2ccccc2c1)c1ccc(-c2ccccc2)cc1. The summed E-state index contributed by atoms with van der Waals surface area (Å²) in [5, 5.41) is 8.34. The fourth-order valence-corrected chi connectivity index (χ4v) is 3.26. The quantitative estimate of drug-likeness (QED) is 0.451. The Labute approximate surface area is 169 Å². The van der Waals surface area contributed by atoms with Crippen molar-refractivity contribution in [2.45, 2.75) is 0 Å². The number of rotatable bonds is 3. The molecule has 28 heavy (non-hydrogen) atoms. The normalized spacial score (nSPS) is 10.4. The summed E-state index contributed by atoms with van der Waals surface area (Å²) < 4.78 is 0. The minimum absolute atomic E-state index is 0.238. The van der Waals surface area contributed by atoms with E-state index in [4.69, 9.17) is 12.2 Å². The first-order valence-corrected chi connectivity index (χ1v) is 9.36. The molecule has 0 aliphatic rings. The van der Waals surface area contributed by atoms with Crippen LogP contribution in [0.25, 0.3) is 21.9 Å². The lowest BCUT2D eigenvalue weighted by molar-refractivity contribution is 0.0978. The number of carbonyl (C=O) groups is 1. The predicted molar refractivity (Wildman–Crippen MR) is 120 cm³/mol. The second-order valence-electron chi connectivity index (χ2n) is 6.41. The molecule has 3 nitrogen and oxygen atoms in total. The van der Waals surface area contributed by atoms with Crippen LogP contribution in [0.2, 0.25) is 0 Å². The third-order valence-corrected chi connectivity index (χ3v) is 4.69. The first-order chi connectivity index (χ1) is 13.7. The van der Waals surface area contributed by atoms with Crippen LogP contribution >= 0.6 is 12.2 Å². The van der Waals surface area contributed by atoms with Crippen molar-refractivity contribution in [3.8, 4) is 11.1 Å². The average Bonchev–Trinajstić information content (AvgIpc) is 2.74. The van der Waals surface area contributed by atoms with Crippen LogP contribution in [0.15, 0.2) is 97.1 Å². The third kappa shape index (κ3) is 4.08. The third-order valence-electron chi connectivity index (χ3n) is 4.49. The first-order valence-electron chi connectivity index (χ1n) is 8.96. The van der Waals surface area contributed by atoms with Gasteiger partial charge in [-0.15, -0.1) is 0 Å². The van der Waals surface area contributed by atoms with Crippen LogP contribution in [0.5, 0.6) is 0 Å². The number of carbonyl (C=O) groups excluding carboxylic acids is 1. The Hall–Kier alpha value is -3.50. The second kappa shape index (κ2) is 8.03. The van der Waals surface area contributed by atoms with Crippen molar-refractivity contribution in [3.63, 3.8) is 0 Å². The summed E-state index contributed by atoms with van der Waals surface area (Å²) in [5.41, 5.74) is 3.57. The van der Waals surface area contributed by atoms with E-state index in [1.807, 2.05) is 78.9 Å². The molecule has 0 heterocycles.